The minimum Gasteiger partial charge on any atom is -0.378 e. The summed E-state index contributed by atoms with van der Waals surface area (Å²) in [6.45, 7) is 2.22. The van der Waals surface area contributed by atoms with Crippen LogP contribution in [-0.2, 0) is 36.4 Å². The van der Waals surface area contributed by atoms with Crippen LogP contribution in [0.2, 0.25) is 0 Å². The molecule has 51 heavy (non-hydrogen) atoms. The van der Waals surface area contributed by atoms with Crippen molar-refractivity contribution in [3.8, 4) is 23.0 Å². The molecule has 0 bridgehead atoms. The monoisotopic (exact) mass is 711 g/mol. The van der Waals surface area contributed by atoms with Crippen molar-refractivity contribution in [1.82, 2.24) is 25.1 Å². The highest BCUT2D eigenvalue weighted by atomic mass is 19.4. The Morgan fingerprint density at radius 1 is 1.12 bits per heavy atom. The van der Waals surface area contributed by atoms with Crippen LogP contribution >= 0.6 is 0 Å². The lowest BCUT2D eigenvalue weighted by molar-refractivity contribution is -0.142. The lowest BCUT2D eigenvalue weighted by atomic mass is 9.86. The van der Waals surface area contributed by atoms with Gasteiger partial charge in [0.05, 0.1) is 5.69 Å². The summed E-state index contributed by atoms with van der Waals surface area (Å²) in [5.41, 5.74) is -2.38. The van der Waals surface area contributed by atoms with Crippen molar-refractivity contribution in [3.05, 3.63) is 99.4 Å². The molecule has 1 amide bonds. The van der Waals surface area contributed by atoms with Crippen molar-refractivity contribution in [2.45, 2.75) is 75.7 Å². The molecule has 3 aliphatic rings. The molecule has 1 aliphatic heterocycles. The summed E-state index contributed by atoms with van der Waals surface area (Å²) < 4.78 is 101. The number of halogens is 7. The van der Waals surface area contributed by atoms with Gasteiger partial charge >= 0.3 is 6.18 Å². The Hall–Kier alpha value is -5.10. The lowest BCUT2D eigenvalue weighted by Crippen LogP contribution is -2.24. The summed E-state index contributed by atoms with van der Waals surface area (Å²) in [5, 5.41) is 16.3. The van der Waals surface area contributed by atoms with Crippen LogP contribution in [0.15, 0.2) is 42.6 Å². The first-order valence-electron chi connectivity index (χ1n) is 16.0. The van der Waals surface area contributed by atoms with E-state index in [1.807, 2.05) is 0 Å². The van der Waals surface area contributed by atoms with Crippen LogP contribution in [0.1, 0.15) is 88.5 Å². The highest BCUT2D eigenvalue weighted by Crippen LogP contribution is 2.68. The quantitative estimate of drug-likeness (QED) is 0.167. The van der Waals surface area contributed by atoms with Gasteiger partial charge in [-0.25, -0.2) is 18.7 Å². The second-order valence-corrected chi connectivity index (χ2v) is 13.6. The van der Waals surface area contributed by atoms with Gasteiger partial charge in [0.1, 0.15) is 29.5 Å². The number of hydrogen-bond acceptors (Lipinski definition) is 6. The zero-order valence-corrected chi connectivity index (χ0v) is 27.0. The van der Waals surface area contributed by atoms with Crippen molar-refractivity contribution < 1.29 is 45.4 Å². The number of aromatic nitrogens is 4. The van der Waals surface area contributed by atoms with E-state index in [9.17, 15) is 36.6 Å². The Labute approximate surface area is 286 Å². The first-order chi connectivity index (χ1) is 23.9. The van der Waals surface area contributed by atoms with Gasteiger partial charge in [-0.3, -0.25) is 14.3 Å². The summed E-state index contributed by atoms with van der Waals surface area (Å²) in [5.74, 6) is -4.83. The van der Waals surface area contributed by atoms with Crippen LogP contribution in [0.5, 0.6) is 0 Å². The van der Waals surface area contributed by atoms with Gasteiger partial charge in [-0.2, -0.15) is 27.1 Å². The normalized spacial score (nSPS) is 19.1. The van der Waals surface area contributed by atoms with Gasteiger partial charge in [-0.05, 0) is 73.4 Å². The zero-order chi connectivity index (χ0) is 36.6. The Morgan fingerprint density at radius 2 is 1.84 bits per heavy atom. The molecule has 0 saturated heterocycles. The van der Waals surface area contributed by atoms with Crippen molar-refractivity contribution in [2.24, 2.45) is 5.92 Å². The summed E-state index contributed by atoms with van der Waals surface area (Å²) in [6.07, 6.45) is -4.55. The number of Topliss-reactive ketones (excluding diaryl/α,β-unsaturated/α-hetero) is 1. The highest BCUT2D eigenvalue weighted by Gasteiger charge is 2.68. The standard InChI is InChI=1S/C36H28F7N5O3/c1-34(2,51)6-5-28-44-15-26(18-3-4-19-14-45-33(50)24(19)11-18)30(46-28)20(7-17-8-21(37)12-22(38)9-17)10-23(49)16-48-32-29(31(47-48)36(41,42)43)25-13-27(25)35(32,39)40/h3-4,8-9,11-12,15,20,25,27,51H,7,10,13-14,16H2,1-2H3,(H,45,50)/t20-,25+,27-/m1/s1. The molecule has 4 aromatic rings. The number of carbonyl (C=O) groups is 2. The second kappa shape index (κ2) is 12.0. The molecular weight excluding hydrogens is 683 g/mol. The molecule has 2 aromatic carbocycles. The SMILES string of the molecule is CC(C)(O)C#Cc1ncc(-c2ccc3c(c2)C(=O)NC3)c([C@@H](CC(=O)Cn2nc(C(F)(F)F)c3c2C(F)(F)[C@@H]2C[C@H]32)Cc2cc(F)cc(F)c2)n1. The smallest absolute Gasteiger partial charge is 0.378 e. The first-order valence-corrected chi connectivity index (χ1v) is 16.0. The zero-order valence-electron chi connectivity index (χ0n) is 27.0. The molecule has 7 rings (SSSR count). The second-order valence-electron chi connectivity index (χ2n) is 13.6. The molecule has 1 saturated carbocycles. The average Bonchev–Trinajstić information content (AvgIpc) is 3.54. The summed E-state index contributed by atoms with van der Waals surface area (Å²) in [6, 6.07) is 7.71. The number of benzene rings is 2. The number of fused-ring (bicyclic) bond motifs is 4. The van der Waals surface area contributed by atoms with E-state index in [0.29, 0.717) is 34.0 Å². The van der Waals surface area contributed by atoms with Gasteiger partial charge in [-0.1, -0.05) is 18.1 Å². The molecule has 15 heteroatoms. The Kier molecular flexibility index (Phi) is 8.09. The molecule has 0 unspecified atom stereocenters. The Balaban J connectivity index is 1.32. The number of ketones is 1. The number of hydrogen-bond donors (Lipinski definition) is 2. The third-order valence-corrected chi connectivity index (χ3v) is 9.19. The molecule has 0 radical (unpaired) electrons. The van der Waals surface area contributed by atoms with E-state index in [1.54, 1.807) is 18.2 Å². The minimum absolute atomic E-state index is 0.0956. The fourth-order valence-electron chi connectivity index (χ4n) is 6.96. The van der Waals surface area contributed by atoms with E-state index in [1.165, 1.54) is 20.0 Å². The van der Waals surface area contributed by atoms with Crippen LogP contribution in [0.3, 0.4) is 0 Å². The Morgan fingerprint density at radius 3 is 2.53 bits per heavy atom. The molecular formula is C36H28F7N5O3. The third-order valence-electron chi connectivity index (χ3n) is 9.19. The van der Waals surface area contributed by atoms with Gasteiger partial charge in [0.2, 0.25) is 5.82 Å². The van der Waals surface area contributed by atoms with Crippen LogP contribution < -0.4 is 5.32 Å². The number of nitrogens with zero attached hydrogens (tertiary/aromatic N) is 4. The van der Waals surface area contributed by atoms with Gasteiger partial charge in [0.15, 0.2) is 11.5 Å². The van der Waals surface area contributed by atoms with Crippen molar-refractivity contribution >= 4 is 11.7 Å². The third kappa shape index (κ3) is 6.60. The topological polar surface area (TPSA) is 110 Å². The average molecular weight is 712 g/mol. The largest absolute Gasteiger partial charge is 0.435 e. The minimum atomic E-state index is -5.03. The van der Waals surface area contributed by atoms with E-state index in [-0.39, 0.29) is 35.8 Å². The molecule has 3 atom stereocenters. The maximum absolute atomic E-state index is 15.3. The lowest BCUT2D eigenvalue weighted by Gasteiger charge is -2.21. The maximum atomic E-state index is 15.3. The molecule has 2 aromatic heterocycles. The van der Waals surface area contributed by atoms with E-state index in [4.69, 9.17) is 0 Å². The maximum Gasteiger partial charge on any atom is 0.435 e. The number of amides is 1. The molecule has 2 N–H and O–H groups in total. The molecule has 8 nitrogen and oxygen atoms in total. The predicted octanol–water partition coefficient (Wildman–Crippen LogP) is 6.20. The molecule has 0 spiro atoms. The summed E-state index contributed by atoms with van der Waals surface area (Å²) in [4.78, 5) is 35.1. The summed E-state index contributed by atoms with van der Waals surface area (Å²) in [7, 11) is 0. The number of alkyl halides is 5. The highest BCUT2D eigenvalue weighted by molar-refractivity contribution is 5.99. The van der Waals surface area contributed by atoms with Crippen molar-refractivity contribution in [3.63, 3.8) is 0 Å². The van der Waals surface area contributed by atoms with Crippen molar-refractivity contribution in [1.29, 1.82) is 0 Å². The first kappa shape index (κ1) is 34.4. The molecule has 3 heterocycles. The summed E-state index contributed by atoms with van der Waals surface area (Å²) >= 11 is 0. The van der Waals surface area contributed by atoms with E-state index in [0.717, 1.165) is 17.7 Å². The molecule has 2 aliphatic carbocycles. The van der Waals surface area contributed by atoms with Gasteiger partial charge in [0.25, 0.3) is 11.8 Å². The van der Waals surface area contributed by atoms with Gasteiger partial charge in [0, 0.05) is 53.8 Å². The number of aliphatic hydroxyl groups is 1. The fraction of sp³-hybridized carbons (Fsp3) is 0.361. The molecule has 264 valence electrons. The van der Waals surface area contributed by atoms with Gasteiger partial charge < -0.3 is 10.4 Å². The number of rotatable bonds is 8. The van der Waals surface area contributed by atoms with Crippen molar-refractivity contribution in [2.75, 3.05) is 0 Å². The number of carbonyl (C=O) groups excluding carboxylic acids is 2. The van der Waals surface area contributed by atoms with Crippen LogP contribution in [-0.4, -0.2) is 42.1 Å². The van der Waals surface area contributed by atoms with E-state index in [2.05, 4.69) is 32.2 Å². The van der Waals surface area contributed by atoms with E-state index < -0.39 is 82.8 Å². The van der Waals surface area contributed by atoms with Gasteiger partial charge in [-0.15, -0.1) is 0 Å². The molecule has 1 fully saturated rings. The number of nitrogens with one attached hydrogen (secondary N) is 1. The van der Waals surface area contributed by atoms with Crippen LogP contribution in [0.4, 0.5) is 30.7 Å². The van der Waals surface area contributed by atoms with Crippen LogP contribution in [0, 0.1) is 29.4 Å². The van der Waals surface area contributed by atoms with Crippen LogP contribution in [0.25, 0.3) is 11.1 Å². The fourth-order valence-corrected chi connectivity index (χ4v) is 6.96. The van der Waals surface area contributed by atoms with E-state index >= 15 is 8.78 Å². The predicted molar refractivity (Wildman–Crippen MR) is 166 cm³/mol. The Bertz CT molecular complexity index is 2160.